The first-order valence-corrected chi connectivity index (χ1v) is 7.50. The predicted molar refractivity (Wildman–Crippen MR) is 83.0 cm³/mol. The maximum Gasteiger partial charge on any atom is 0.163 e. The third kappa shape index (κ3) is 4.55. The van der Waals surface area contributed by atoms with Crippen LogP contribution < -0.4 is 4.74 Å². The minimum Gasteiger partial charge on any atom is -0.491 e. The molecule has 0 saturated carbocycles. The fraction of sp³-hybridized carbons (Fsp3) is 0.588. The normalized spacial score (nSPS) is 22.0. The van der Waals surface area contributed by atoms with E-state index in [2.05, 4.69) is 25.7 Å². The number of para-hydroxylation sites is 1. The Kier molecular flexibility index (Phi) is 5.01. The molecule has 1 fully saturated rings. The van der Waals surface area contributed by atoms with Crippen LogP contribution in [0, 0.1) is 0 Å². The van der Waals surface area contributed by atoms with Crippen LogP contribution in [0.3, 0.4) is 0 Å². The van der Waals surface area contributed by atoms with E-state index in [1.54, 1.807) is 13.0 Å². The summed E-state index contributed by atoms with van der Waals surface area (Å²) in [5.41, 5.74) is 0.530. The molecule has 1 aromatic rings. The third-order valence-electron chi connectivity index (χ3n) is 3.57. The summed E-state index contributed by atoms with van der Waals surface area (Å²) in [6.07, 6.45) is 0.234. The first kappa shape index (κ1) is 16.0. The smallest absolute Gasteiger partial charge is 0.163 e. The lowest BCUT2D eigenvalue weighted by Crippen LogP contribution is -2.52. The van der Waals surface area contributed by atoms with Gasteiger partial charge in [0.2, 0.25) is 0 Å². The number of hydrogen-bond acceptors (Lipinski definition) is 4. The minimum atomic E-state index is -0.116. The molecule has 1 aliphatic heterocycles. The molecule has 1 aliphatic rings. The number of rotatable bonds is 5. The van der Waals surface area contributed by atoms with Gasteiger partial charge in [0.1, 0.15) is 12.4 Å². The van der Waals surface area contributed by atoms with Crippen LogP contribution in [-0.2, 0) is 4.74 Å². The van der Waals surface area contributed by atoms with E-state index in [1.807, 2.05) is 18.2 Å². The summed E-state index contributed by atoms with van der Waals surface area (Å²) in [5.74, 6) is 0.706. The van der Waals surface area contributed by atoms with Gasteiger partial charge < -0.3 is 9.47 Å². The molecule has 116 valence electrons. The van der Waals surface area contributed by atoms with Gasteiger partial charge in [0, 0.05) is 19.6 Å². The third-order valence-corrected chi connectivity index (χ3v) is 3.57. The van der Waals surface area contributed by atoms with Gasteiger partial charge in [0.05, 0.1) is 17.3 Å². The summed E-state index contributed by atoms with van der Waals surface area (Å²) in [7, 11) is 0. The van der Waals surface area contributed by atoms with E-state index in [9.17, 15) is 4.79 Å². The van der Waals surface area contributed by atoms with Crippen molar-refractivity contribution in [2.75, 3.05) is 26.2 Å². The average molecular weight is 291 g/mol. The molecule has 1 unspecified atom stereocenters. The quantitative estimate of drug-likeness (QED) is 0.782. The van der Waals surface area contributed by atoms with E-state index < -0.39 is 0 Å². The summed E-state index contributed by atoms with van der Waals surface area (Å²) < 4.78 is 11.7. The van der Waals surface area contributed by atoms with Gasteiger partial charge in [-0.05, 0) is 39.8 Å². The zero-order valence-corrected chi connectivity index (χ0v) is 13.4. The second-order valence-corrected chi connectivity index (χ2v) is 6.32. The Morgan fingerprint density at radius 3 is 2.81 bits per heavy atom. The number of morpholine rings is 1. The highest BCUT2D eigenvalue weighted by Gasteiger charge is 2.30. The molecule has 1 heterocycles. The van der Waals surface area contributed by atoms with E-state index in [0.717, 1.165) is 19.6 Å². The lowest BCUT2D eigenvalue weighted by Gasteiger charge is -2.41. The highest BCUT2D eigenvalue weighted by Crippen LogP contribution is 2.21. The molecule has 0 spiro atoms. The van der Waals surface area contributed by atoms with Crippen LogP contribution >= 0.6 is 0 Å². The Hall–Kier alpha value is -1.39. The van der Waals surface area contributed by atoms with Crippen LogP contribution in [-0.4, -0.2) is 48.6 Å². The fourth-order valence-corrected chi connectivity index (χ4v) is 2.92. The Bertz CT molecular complexity index is 499. The van der Waals surface area contributed by atoms with Gasteiger partial charge in [0.25, 0.3) is 0 Å². The van der Waals surface area contributed by atoms with Crippen LogP contribution in [0.4, 0.5) is 0 Å². The summed E-state index contributed by atoms with van der Waals surface area (Å²) >= 11 is 0. The zero-order chi connectivity index (χ0) is 15.5. The van der Waals surface area contributed by atoms with Crippen LogP contribution in [0.25, 0.3) is 0 Å². The van der Waals surface area contributed by atoms with E-state index in [1.165, 1.54) is 0 Å². The monoisotopic (exact) mass is 291 g/mol. The standard InChI is InChI=1S/C17H25NO3/c1-13-11-18(12-17(3,4)21-13)9-10-20-16-8-6-5-7-15(16)14(2)19/h5-8,13H,9-12H2,1-4H3. The molecule has 1 aromatic carbocycles. The van der Waals surface area contributed by atoms with Gasteiger partial charge in [-0.2, -0.15) is 0 Å². The molecule has 0 N–H and O–H groups in total. The Morgan fingerprint density at radius 2 is 2.14 bits per heavy atom. The molecular formula is C17H25NO3. The summed E-state index contributed by atoms with van der Waals surface area (Å²) in [6, 6.07) is 7.40. The zero-order valence-electron chi connectivity index (χ0n) is 13.4. The average Bonchev–Trinajstić information content (AvgIpc) is 2.36. The first-order valence-electron chi connectivity index (χ1n) is 7.50. The van der Waals surface area contributed by atoms with Gasteiger partial charge in [-0.1, -0.05) is 12.1 Å². The molecule has 0 amide bonds. The topological polar surface area (TPSA) is 38.8 Å². The van der Waals surface area contributed by atoms with E-state index in [0.29, 0.717) is 17.9 Å². The van der Waals surface area contributed by atoms with Crippen LogP contribution in [0.5, 0.6) is 5.75 Å². The number of benzene rings is 1. The molecule has 0 aliphatic carbocycles. The maximum absolute atomic E-state index is 11.6. The Balaban J connectivity index is 1.89. The molecule has 4 nitrogen and oxygen atoms in total. The highest BCUT2D eigenvalue weighted by molar-refractivity contribution is 5.96. The van der Waals surface area contributed by atoms with Crippen molar-refractivity contribution in [3.8, 4) is 5.75 Å². The molecule has 21 heavy (non-hydrogen) atoms. The SMILES string of the molecule is CC(=O)c1ccccc1OCCN1CC(C)OC(C)(C)C1. The largest absolute Gasteiger partial charge is 0.491 e. The van der Waals surface area contributed by atoms with Crippen LogP contribution in [0.1, 0.15) is 38.1 Å². The van der Waals surface area contributed by atoms with E-state index in [-0.39, 0.29) is 17.5 Å². The molecule has 2 rings (SSSR count). The summed E-state index contributed by atoms with van der Waals surface area (Å²) in [5, 5.41) is 0. The minimum absolute atomic E-state index is 0.0340. The Labute approximate surface area is 127 Å². The molecule has 0 radical (unpaired) electrons. The predicted octanol–water partition coefficient (Wildman–Crippen LogP) is 2.77. The molecule has 0 bridgehead atoms. The lowest BCUT2D eigenvalue weighted by molar-refractivity contribution is -0.129. The van der Waals surface area contributed by atoms with Gasteiger partial charge in [0.15, 0.2) is 5.78 Å². The van der Waals surface area contributed by atoms with Gasteiger partial charge in [-0.25, -0.2) is 0 Å². The van der Waals surface area contributed by atoms with Crippen LogP contribution in [0.15, 0.2) is 24.3 Å². The fourth-order valence-electron chi connectivity index (χ4n) is 2.92. The number of Topliss-reactive ketones (excluding diaryl/α,β-unsaturated/α-hetero) is 1. The van der Waals surface area contributed by atoms with Crippen molar-refractivity contribution in [3.63, 3.8) is 0 Å². The second-order valence-electron chi connectivity index (χ2n) is 6.32. The number of ketones is 1. The summed E-state index contributed by atoms with van der Waals surface area (Å²) in [4.78, 5) is 13.9. The number of nitrogens with zero attached hydrogens (tertiary/aromatic N) is 1. The lowest BCUT2D eigenvalue weighted by atomic mass is 10.1. The van der Waals surface area contributed by atoms with E-state index in [4.69, 9.17) is 9.47 Å². The van der Waals surface area contributed by atoms with Crippen molar-refractivity contribution < 1.29 is 14.3 Å². The van der Waals surface area contributed by atoms with Crippen molar-refractivity contribution >= 4 is 5.78 Å². The highest BCUT2D eigenvalue weighted by atomic mass is 16.5. The molecule has 1 saturated heterocycles. The molecule has 0 aromatic heterocycles. The number of hydrogen-bond donors (Lipinski definition) is 0. The number of carbonyl (C=O) groups excluding carboxylic acids is 1. The van der Waals surface area contributed by atoms with Gasteiger partial charge >= 0.3 is 0 Å². The number of carbonyl (C=O) groups is 1. The number of ether oxygens (including phenoxy) is 2. The summed E-state index contributed by atoms with van der Waals surface area (Å²) in [6.45, 7) is 11.1. The first-order chi connectivity index (χ1) is 9.87. The molecule has 4 heteroatoms. The van der Waals surface area contributed by atoms with Crippen molar-refractivity contribution in [1.29, 1.82) is 0 Å². The van der Waals surface area contributed by atoms with Crippen LogP contribution in [0.2, 0.25) is 0 Å². The van der Waals surface area contributed by atoms with E-state index >= 15 is 0 Å². The van der Waals surface area contributed by atoms with Crippen molar-refractivity contribution in [1.82, 2.24) is 4.90 Å². The molecular weight excluding hydrogens is 266 g/mol. The second kappa shape index (κ2) is 6.58. The van der Waals surface area contributed by atoms with Gasteiger partial charge in [-0.3, -0.25) is 9.69 Å². The van der Waals surface area contributed by atoms with Crippen molar-refractivity contribution in [3.05, 3.63) is 29.8 Å². The van der Waals surface area contributed by atoms with Gasteiger partial charge in [-0.15, -0.1) is 0 Å². The maximum atomic E-state index is 11.6. The van der Waals surface area contributed by atoms with Crippen molar-refractivity contribution in [2.24, 2.45) is 0 Å². The Morgan fingerprint density at radius 1 is 1.43 bits per heavy atom. The van der Waals surface area contributed by atoms with Crippen molar-refractivity contribution in [2.45, 2.75) is 39.4 Å². The molecule has 1 atom stereocenters.